The minimum atomic E-state index is -0.327. The second-order valence-corrected chi connectivity index (χ2v) is 5.51. The van der Waals surface area contributed by atoms with Crippen molar-refractivity contribution in [1.29, 1.82) is 0 Å². The minimum absolute atomic E-state index is 0.0910. The van der Waals surface area contributed by atoms with E-state index >= 15 is 0 Å². The molecule has 0 heterocycles. The number of carbonyl (C=O) groups is 2. The van der Waals surface area contributed by atoms with Crippen molar-refractivity contribution >= 4 is 40.2 Å². The Balaban J connectivity index is 2.32. The summed E-state index contributed by atoms with van der Waals surface area (Å²) in [5.41, 5.74) is 0.737. The van der Waals surface area contributed by atoms with Gasteiger partial charge in [0, 0.05) is 15.7 Å². The van der Waals surface area contributed by atoms with Crippen molar-refractivity contribution in [3.05, 3.63) is 27.8 Å². The van der Waals surface area contributed by atoms with Crippen molar-refractivity contribution < 1.29 is 14.3 Å². The van der Waals surface area contributed by atoms with E-state index in [4.69, 9.17) is 4.74 Å². The molecule has 1 atom stereocenters. The predicted molar refractivity (Wildman–Crippen MR) is 82.9 cm³/mol. The zero-order chi connectivity index (χ0) is 14.3. The molecule has 0 aromatic heterocycles. The zero-order valence-corrected chi connectivity index (χ0v) is 13.3. The molecule has 0 spiro atoms. The summed E-state index contributed by atoms with van der Waals surface area (Å²) in [5, 5.41) is 2.74. The average molecular weight is 375 g/mol. The van der Waals surface area contributed by atoms with Gasteiger partial charge in [0.2, 0.25) is 5.91 Å². The average Bonchev–Trinajstić information content (AvgIpc) is 2.39. The Morgan fingerprint density at radius 2 is 1.89 bits per heavy atom. The molecule has 5 heteroatoms. The number of halogens is 1. The van der Waals surface area contributed by atoms with Crippen LogP contribution in [0.1, 0.15) is 33.1 Å². The first kappa shape index (κ1) is 15.9. The van der Waals surface area contributed by atoms with E-state index in [-0.39, 0.29) is 30.8 Å². The molecule has 0 aliphatic rings. The minimum Gasteiger partial charge on any atom is -0.463 e. The van der Waals surface area contributed by atoms with E-state index < -0.39 is 0 Å². The monoisotopic (exact) mass is 375 g/mol. The van der Waals surface area contributed by atoms with Gasteiger partial charge in [0.15, 0.2) is 0 Å². The van der Waals surface area contributed by atoms with Crippen LogP contribution in [-0.2, 0) is 14.3 Å². The fourth-order valence-corrected chi connectivity index (χ4v) is 1.70. The number of anilines is 1. The largest absolute Gasteiger partial charge is 0.463 e. The standard InChI is InChI=1S/C14H18INO3/c1-3-10(2)19-14(18)9-8-13(17)16-12-6-4-11(15)5-7-12/h4-7,10H,3,8-9H2,1-2H3,(H,16,17)/t10-/m1/s1. The van der Waals surface area contributed by atoms with Gasteiger partial charge in [0.25, 0.3) is 0 Å². The first-order valence-corrected chi connectivity index (χ1v) is 7.34. The smallest absolute Gasteiger partial charge is 0.306 e. The van der Waals surface area contributed by atoms with E-state index in [0.717, 1.165) is 15.7 Å². The third-order valence-corrected chi connectivity index (χ3v) is 3.31. The molecule has 1 N–H and O–H groups in total. The zero-order valence-electron chi connectivity index (χ0n) is 11.1. The van der Waals surface area contributed by atoms with Gasteiger partial charge >= 0.3 is 5.97 Å². The van der Waals surface area contributed by atoms with Crippen molar-refractivity contribution in [2.45, 2.75) is 39.2 Å². The molecular formula is C14H18INO3. The van der Waals surface area contributed by atoms with E-state index in [2.05, 4.69) is 27.9 Å². The highest BCUT2D eigenvalue weighted by atomic mass is 127. The number of hydrogen-bond donors (Lipinski definition) is 1. The molecule has 0 fully saturated rings. The molecule has 104 valence electrons. The van der Waals surface area contributed by atoms with E-state index in [1.807, 2.05) is 38.1 Å². The summed E-state index contributed by atoms with van der Waals surface area (Å²) in [4.78, 5) is 23.0. The van der Waals surface area contributed by atoms with Crippen LogP contribution in [0.5, 0.6) is 0 Å². The van der Waals surface area contributed by atoms with E-state index in [1.165, 1.54) is 0 Å². The first-order valence-electron chi connectivity index (χ1n) is 6.26. The van der Waals surface area contributed by atoms with Gasteiger partial charge in [-0.2, -0.15) is 0 Å². The summed E-state index contributed by atoms with van der Waals surface area (Å²) < 4.78 is 6.20. The Bertz CT molecular complexity index is 431. The summed E-state index contributed by atoms with van der Waals surface area (Å²) in [6.45, 7) is 3.78. The highest BCUT2D eigenvalue weighted by molar-refractivity contribution is 14.1. The van der Waals surface area contributed by atoms with Crippen LogP contribution < -0.4 is 5.32 Å². The van der Waals surface area contributed by atoms with Crippen LogP contribution in [0.2, 0.25) is 0 Å². The van der Waals surface area contributed by atoms with Gasteiger partial charge < -0.3 is 10.1 Å². The number of hydrogen-bond acceptors (Lipinski definition) is 3. The lowest BCUT2D eigenvalue weighted by Gasteiger charge is -2.10. The molecule has 0 aliphatic heterocycles. The Morgan fingerprint density at radius 3 is 2.47 bits per heavy atom. The molecular weight excluding hydrogens is 357 g/mol. The van der Waals surface area contributed by atoms with E-state index in [9.17, 15) is 9.59 Å². The maximum atomic E-state index is 11.6. The summed E-state index contributed by atoms with van der Waals surface area (Å²) in [6, 6.07) is 7.48. The Hall–Kier alpha value is -1.11. The number of amides is 1. The van der Waals surface area contributed by atoms with Crippen molar-refractivity contribution in [2.75, 3.05) is 5.32 Å². The number of nitrogens with one attached hydrogen (secondary N) is 1. The van der Waals surface area contributed by atoms with Gasteiger partial charge in [-0.3, -0.25) is 9.59 Å². The Labute approximate surface area is 127 Å². The van der Waals surface area contributed by atoms with Gasteiger partial charge in [-0.15, -0.1) is 0 Å². The third-order valence-electron chi connectivity index (χ3n) is 2.59. The highest BCUT2D eigenvalue weighted by Gasteiger charge is 2.10. The first-order chi connectivity index (χ1) is 9.01. The molecule has 1 rings (SSSR count). The van der Waals surface area contributed by atoms with E-state index in [1.54, 1.807) is 0 Å². The number of rotatable bonds is 6. The third kappa shape index (κ3) is 6.56. The van der Waals surface area contributed by atoms with Crippen LogP contribution in [0.3, 0.4) is 0 Å². The van der Waals surface area contributed by atoms with Crippen LogP contribution in [0.15, 0.2) is 24.3 Å². The van der Waals surface area contributed by atoms with Crippen molar-refractivity contribution in [2.24, 2.45) is 0 Å². The van der Waals surface area contributed by atoms with Crippen molar-refractivity contribution in [1.82, 2.24) is 0 Å². The molecule has 4 nitrogen and oxygen atoms in total. The van der Waals surface area contributed by atoms with Crippen LogP contribution >= 0.6 is 22.6 Å². The summed E-state index contributed by atoms with van der Waals surface area (Å²) in [6.07, 6.45) is 0.939. The molecule has 0 aliphatic carbocycles. The second kappa shape index (κ2) is 8.14. The van der Waals surface area contributed by atoms with Gasteiger partial charge in [0.05, 0.1) is 12.5 Å². The number of ether oxygens (including phenoxy) is 1. The molecule has 0 bridgehead atoms. The summed E-state index contributed by atoms with van der Waals surface area (Å²) in [7, 11) is 0. The molecule has 0 saturated carbocycles. The van der Waals surface area contributed by atoms with Gasteiger partial charge in [-0.05, 0) is 60.2 Å². The SMILES string of the molecule is CC[C@@H](C)OC(=O)CCC(=O)Nc1ccc(I)cc1. The Morgan fingerprint density at radius 1 is 1.26 bits per heavy atom. The van der Waals surface area contributed by atoms with Crippen LogP contribution in [0.25, 0.3) is 0 Å². The lowest BCUT2D eigenvalue weighted by Crippen LogP contribution is -2.17. The van der Waals surface area contributed by atoms with Crippen molar-refractivity contribution in [3.8, 4) is 0 Å². The maximum Gasteiger partial charge on any atom is 0.306 e. The van der Waals surface area contributed by atoms with E-state index in [0.29, 0.717) is 0 Å². The van der Waals surface area contributed by atoms with Crippen LogP contribution in [-0.4, -0.2) is 18.0 Å². The normalized spacial score (nSPS) is 11.7. The number of benzene rings is 1. The summed E-state index contributed by atoms with van der Waals surface area (Å²) >= 11 is 2.20. The molecule has 19 heavy (non-hydrogen) atoms. The highest BCUT2D eigenvalue weighted by Crippen LogP contribution is 2.11. The molecule has 1 aromatic carbocycles. The maximum absolute atomic E-state index is 11.6. The molecule has 0 unspecified atom stereocenters. The summed E-state index contributed by atoms with van der Waals surface area (Å²) in [5.74, 6) is -0.505. The fourth-order valence-electron chi connectivity index (χ4n) is 1.34. The van der Waals surface area contributed by atoms with Crippen LogP contribution in [0.4, 0.5) is 5.69 Å². The fraction of sp³-hybridized carbons (Fsp3) is 0.429. The van der Waals surface area contributed by atoms with Crippen molar-refractivity contribution in [3.63, 3.8) is 0 Å². The topological polar surface area (TPSA) is 55.4 Å². The van der Waals surface area contributed by atoms with Crippen LogP contribution in [0, 0.1) is 3.57 Å². The molecule has 1 amide bonds. The lowest BCUT2D eigenvalue weighted by molar-refractivity contribution is -0.149. The van der Waals surface area contributed by atoms with Gasteiger partial charge in [-0.25, -0.2) is 0 Å². The number of carbonyl (C=O) groups excluding carboxylic acids is 2. The predicted octanol–water partition coefficient (Wildman–Crippen LogP) is 3.35. The molecule has 0 saturated heterocycles. The van der Waals surface area contributed by atoms with Gasteiger partial charge in [0.1, 0.15) is 0 Å². The lowest BCUT2D eigenvalue weighted by atomic mass is 10.2. The van der Waals surface area contributed by atoms with Gasteiger partial charge in [-0.1, -0.05) is 6.92 Å². The molecule has 1 aromatic rings. The molecule has 0 radical (unpaired) electrons. The second-order valence-electron chi connectivity index (χ2n) is 4.26. The Kier molecular flexibility index (Phi) is 6.83. The quantitative estimate of drug-likeness (QED) is 0.613. The number of esters is 1.